The summed E-state index contributed by atoms with van der Waals surface area (Å²) in [5.74, 6) is -0.644. The van der Waals surface area contributed by atoms with E-state index in [4.69, 9.17) is 4.74 Å². The summed E-state index contributed by atoms with van der Waals surface area (Å²) in [4.78, 5) is 15.3. The van der Waals surface area contributed by atoms with Crippen LogP contribution >= 0.6 is 0 Å². The second-order valence-corrected chi connectivity index (χ2v) is 7.55. The Labute approximate surface area is 174 Å². The molecule has 0 saturated carbocycles. The van der Waals surface area contributed by atoms with Gasteiger partial charge in [0, 0.05) is 5.56 Å². The summed E-state index contributed by atoms with van der Waals surface area (Å²) in [7, 11) is 0. The van der Waals surface area contributed by atoms with Crippen LogP contribution in [0.2, 0.25) is 0 Å². The van der Waals surface area contributed by atoms with Crippen molar-refractivity contribution in [3.05, 3.63) is 59.9 Å². The summed E-state index contributed by atoms with van der Waals surface area (Å²) in [6.45, 7) is 9.78. The van der Waals surface area contributed by atoms with E-state index in [2.05, 4.69) is 18.7 Å². The smallest absolute Gasteiger partial charge is 0.330 e. The lowest BCUT2D eigenvalue weighted by atomic mass is 9.87. The van der Waals surface area contributed by atoms with Gasteiger partial charge < -0.3 is 4.74 Å². The number of carbonyl (C=O) groups is 1. The van der Waals surface area contributed by atoms with Gasteiger partial charge in [-0.05, 0) is 57.0 Å². The van der Waals surface area contributed by atoms with Crippen LogP contribution in [0.4, 0.5) is 4.39 Å². The predicted molar refractivity (Wildman–Crippen MR) is 117 cm³/mol. The van der Waals surface area contributed by atoms with Gasteiger partial charge in [-0.25, -0.2) is 9.18 Å². The van der Waals surface area contributed by atoms with Gasteiger partial charge >= 0.3 is 5.97 Å². The van der Waals surface area contributed by atoms with Crippen molar-refractivity contribution in [1.29, 1.82) is 0 Å². The molecule has 0 aliphatic carbocycles. The molecule has 0 saturated heterocycles. The third-order valence-corrected chi connectivity index (χ3v) is 5.48. The molecular weight excluding hydrogens is 365 g/mol. The maximum absolute atomic E-state index is 15.1. The largest absolute Gasteiger partial charge is 0.464 e. The monoisotopic (exact) mass is 399 g/mol. The number of rotatable bonds is 11. The zero-order valence-corrected chi connectivity index (χ0v) is 18.2. The molecule has 4 heteroatoms. The Morgan fingerprint density at radius 2 is 1.62 bits per heavy atom. The molecule has 0 heterocycles. The first kappa shape index (κ1) is 23.1. The van der Waals surface area contributed by atoms with Gasteiger partial charge in [-0.3, -0.25) is 4.90 Å². The van der Waals surface area contributed by atoms with Crippen LogP contribution in [0.25, 0.3) is 11.1 Å². The van der Waals surface area contributed by atoms with E-state index in [9.17, 15) is 4.79 Å². The summed E-state index contributed by atoms with van der Waals surface area (Å²) >= 11 is 0. The third-order valence-electron chi connectivity index (χ3n) is 5.48. The van der Waals surface area contributed by atoms with E-state index in [-0.39, 0.29) is 11.8 Å². The van der Waals surface area contributed by atoms with Crippen molar-refractivity contribution in [3.8, 4) is 11.1 Å². The quantitative estimate of drug-likeness (QED) is 0.423. The Bertz CT molecular complexity index is 770. The molecule has 158 valence electrons. The topological polar surface area (TPSA) is 29.5 Å². The normalized spacial score (nSPS) is 13.3. The van der Waals surface area contributed by atoms with Crippen LogP contribution in [0.5, 0.6) is 0 Å². The lowest BCUT2D eigenvalue weighted by Gasteiger charge is -2.40. The second kappa shape index (κ2) is 11.1. The minimum Gasteiger partial charge on any atom is -0.464 e. The molecule has 0 aliphatic heterocycles. The van der Waals surface area contributed by atoms with Gasteiger partial charge in [-0.1, -0.05) is 69.2 Å². The van der Waals surface area contributed by atoms with Crippen LogP contribution in [0.15, 0.2) is 48.5 Å². The van der Waals surface area contributed by atoms with Gasteiger partial charge in [-0.15, -0.1) is 0 Å². The lowest BCUT2D eigenvalue weighted by Crippen LogP contribution is -2.51. The van der Waals surface area contributed by atoms with Crippen LogP contribution in [-0.4, -0.2) is 30.6 Å². The Morgan fingerprint density at radius 1 is 1.00 bits per heavy atom. The molecular formula is C25H34FNO2. The highest BCUT2D eigenvalue weighted by Gasteiger charge is 2.42. The molecule has 0 aliphatic rings. The Morgan fingerprint density at radius 3 is 2.14 bits per heavy atom. The Hall–Kier alpha value is -2.20. The average Bonchev–Trinajstić information content (AvgIpc) is 2.74. The van der Waals surface area contributed by atoms with E-state index in [1.165, 1.54) is 6.07 Å². The summed E-state index contributed by atoms with van der Waals surface area (Å²) in [6, 6.07) is 14.6. The Kier molecular flexibility index (Phi) is 8.84. The van der Waals surface area contributed by atoms with Crippen LogP contribution in [0, 0.1) is 5.82 Å². The van der Waals surface area contributed by atoms with E-state index in [0.29, 0.717) is 17.7 Å². The zero-order valence-electron chi connectivity index (χ0n) is 18.2. The summed E-state index contributed by atoms with van der Waals surface area (Å²) in [5, 5.41) is 0. The highest BCUT2D eigenvalue weighted by molar-refractivity contribution is 5.82. The van der Waals surface area contributed by atoms with Gasteiger partial charge in [0.1, 0.15) is 11.4 Å². The Balaban J connectivity index is 2.50. The maximum Gasteiger partial charge on any atom is 0.330 e. The SMILES string of the molecule is CCCCN(CCCC)C(C)(C(=O)OCC)c1ccc(-c2ccccc2)c(F)c1. The number of benzene rings is 2. The van der Waals surface area contributed by atoms with E-state index in [1.54, 1.807) is 13.0 Å². The molecule has 0 fully saturated rings. The molecule has 1 atom stereocenters. The standard InChI is InChI=1S/C25H34FNO2/c1-5-8-17-27(18-9-6-2)25(4,24(28)29-7-3)21-15-16-22(23(26)19-21)20-13-11-10-12-14-20/h10-16,19H,5-9,17-18H2,1-4H3. The number of unbranched alkanes of at least 4 members (excludes halogenated alkanes) is 2. The first-order valence-electron chi connectivity index (χ1n) is 10.8. The molecule has 0 N–H and O–H groups in total. The number of halogens is 1. The number of hydrogen-bond acceptors (Lipinski definition) is 3. The highest BCUT2D eigenvalue weighted by atomic mass is 19.1. The maximum atomic E-state index is 15.1. The molecule has 0 spiro atoms. The number of esters is 1. The van der Waals surface area contributed by atoms with E-state index >= 15 is 4.39 Å². The van der Waals surface area contributed by atoms with Gasteiger partial charge in [0.2, 0.25) is 0 Å². The van der Waals surface area contributed by atoms with Crippen LogP contribution in [-0.2, 0) is 15.1 Å². The molecule has 29 heavy (non-hydrogen) atoms. The van der Waals surface area contributed by atoms with E-state index in [1.807, 2.05) is 43.3 Å². The van der Waals surface area contributed by atoms with Crippen LogP contribution in [0.3, 0.4) is 0 Å². The van der Waals surface area contributed by atoms with Crippen LogP contribution < -0.4 is 0 Å². The second-order valence-electron chi connectivity index (χ2n) is 7.55. The molecule has 2 rings (SSSR count). The fourth-order valence-corrected chi connectivity index (χ4v) is 3.63. The first-order valence-corrected chi connectivity index (χ1v) is 10.8. The number of ether oxygens (including phenoxy) is 1. The zero-order chi connectivity index (χ0) is 21.3. The molecule has 0 aromatic heterocycles. The number of hydrogen-bond donors (Lipinski definition) is 0. The molecule has 2 aromatic carbocycles. The van der Waals surface area contributed by atoms with Crippen molar-refractivity contribution in [2.24, 2.45) is 0 Å². The molecule has 1 unspecified atom stereocenters. The average molecular weight is 400 g/mol. The van der Waals surface area contributed by atoms with Crippen LogP contribution in [0.1, 0.15) is 58.9 Å². The number of nitrogens with zero attached hydrogens (tertiary/aromatic N) is 1. The fourth-order valence-electron chi connectivity index (χ4n) is 3.63. The third kappa shape index (κ3) is 5.45. The molecule has 0 bridgehead atoms. The lowest BCUT2D eigenvalue weighted by molar-refractivity contribution is -0.158. The predicted octanol–water partition coefficient (Wildman–Crippen LogP) is 6.17. The summed E-state index contributed by atoms with van der Waals surface area (Å²) < 4.78 is 20.6. The van der Waals surface area contributed by atoms with E-state index in [0.717, 1.165) is 44.3 Å². The van der Waals surface area contributed by atoms with E-state index < -0.39 is 5.54 Å². The molecule has 0 radical (unpaired) electrons. The van der Waals surface area contributed by atoms with Crippen molar-refractivity contribution in [3.63, 3.8) is 0 Å². The minimum absolute atomic E-state index is 0.300. The van der Waals surface area contributed by atoms with Gasteiger partial charge in [0.05, 0.1) is 6.61 Å². The van der Waals surface area contributed by atoms with Gasteiger partial charge in [-0.2, -0.15) is 0 Å². The van der Waals surface area contributed by atoms with Gasteiger partial charge in [0.25, 0.3) is 0 Å². The summed E-state index contributed by atoms with van der Waals surface area (Å²) in [5.41, 5.74) is 0.980. The minimum atomic E-state index is -1.02. The van der Waals surface area contributed by atoms with Crippen molar-refractivity contribution >= 4 is 5.97 Å². The van der Waals surface area contributed by atoms with Crippen molar-refractivity contribution in [2.45, 2.75) is 58.9 Å². The fraction of sp³-hybridized carbons (Fsp3) is 0.480. The van der Waals surface area contributed by atoms with Crippen molar-refractivity contribution in [2.75, 3.05) is 19.7 Å². The highest BCUT2D eigenvalue weighted by Crippen LogP contribution is 2.34. The molecule has 3 nitrogen and oxygen atoms in total. The van der Waals surface area contributed by atoms with Gasteiger partial charge in [0.15, 0.2) is 0 Å². The van der Waals surface area contributed by atoms with Crippen molar-refractivity contribution < 1.29 is 13.9 Å². The molecule has 2 aromatic rings. The molecule has 0 amide bonds. The number of carbonyl (C=O) groups excluding carboxylic acids is 1. The first-order chi connectivity index (χ1) is 14.0. The summed E-state index contributed by atoms with van der Waals surface area (Å²) in [6.07, 6.45) is 4.01. The van der Waals surface area contributed by atoms with Crippen molar-refractivity contribution in [1.82, 2.24) is 4.90 Å².